The summed E-state index contributed by atoms with van der Waals surface area (Å²) in [5.41, 5.74) is 2.51. The molecule has 24 heavy (non-hydrogen) atoms. The number of benzene rings is 1. The van der Waals surface area contributed by atoms with Crippen molar-refractivity contribution in [3.63, 3.8) is 0 Å². The van der Waals surface area contributed by atoms with Crippen LogP contribution in [0.3, 0.4) is 0 Å². The van der Waals surface area contributed by atoms with Crippen LogP contribution in [0.4, 0.5) is 0 Å². The maximum atomic E-state index is 12.5. The minimum absolute atomic E-state index is 0.0970. The maximum absolute atomic E-state index is 12.5. The van der Waals surface area contributed by atoms with Crippen LogP contribution in [0.15, 0.2) is 35.7 Å². The molecule has 0 unspecified atom stereocenters. The van der Waals surface area contributed by atoms with Gasteiger partial charge in [-0.25, -0.2) is 4.98 Å². The van der Waals surface area contributed by atoms with Gasteiger partial charge >= 0.3 is 0 Å². The molecule has 0 spiro atoms. The zero-order valence-electron chi connectivity index (χ0n) is 13.2. The lowest BCUT2D eigenvalue weighted by Crippen LogP contribution is -2.50. The van der Waals surface area contributed by atoms with Crippen molar-refractivity contribution in [1.82, 2.24) is 19.8 Å². The Hall–Kier alpha value is -2.67. The smallest absolute Gasteiger partial charge is 0.273 e. The van der Waals surface area contributed by atoms with Gasteiger partial charge in [-0.2, -0.15) is 0 Å². The first-order chi connectivity index (χ1) is 11.6. The molecule has 4 rings (SSSR count). The number of aromatic nitrogens is 2. The third-order valence-corrected chi connectivity index (χ3v) is 5.08. The Morgan fingerprint density at radius 3 is 2.96 bits per heavy atom. The minimum atomic E-state index is -0.189. The van der Waals surface area contributed by atoms with Gasteiger partial charge < -0.3 is 14.8 Å². The van der Waals surface area contributed by atoms with Gasteiger partial charge in [0.25, 0.3) is 5.91 Å². The van der Waals surface area contributed by atoms with Crippen LogP contribution in [0.1, 0.15) is 10.5 Å². The molecular weight excluding hydrogens is 324 g/mol. The predicted molar refractivity (Wildman–Crippen MR) is 92.9 cm³/mol. The minimum Gasteiger partial charge on any atom is -0.353 e. The van der Waals surface area contributed by atoms with E-state index in [1.165, 1.54) is 11.3 Å². The quantitative estimate of drug-likeness (QED) is 0.774. The van der Waals surface area contributed by atoms with Crippen molar-refractivity contribution in [2.75, 3.05) is 19.6 Å². The first-order valence-corrected chi connectivity index (χ1v) is 8.58. The van der Waals surface area contributed by atoms with Crippen LogP contribution in [-0.2, 0) is 11.8 Å². The molecule has 7 heteroatoms. The molecule has 122 valence electrons. The molecule has 1 saturated heterocycles. The topological polar surface area (TPSA) is 67.2 Å². The third kappa shape index (κ3) is 2.46. The number of amides is 2. The van der Waals surface area contributed by atoms with E-state index in [1.54, 1.807) is 10.3 Å². The summed E-state index contributed by atoms with van der Waals surface area (Å²) in [6.45, 7) is 1.11. The summed E-state index contributed by atoms with van der Waals surface area (Å²) in [5, 5.41) is 6.43. The van der Waals surface area contributed by atoms with E-state index in [9.17, 15) is 9.59 Å². The Labute approximate surface area is 142 Å². The molecule has 2 amide bonds. The van der Waals surface area contributed by atoms with Gasteiger partial charge in [0.1, 0.15) is 10.7 Å². The highest BCUT2D eigenvalue weighted by atomic mass is 32.1. The Morgan fingerprint density at radius 2 is 2.17 bits per heavy atom. The summed E-state index contributed by atoms with van der Waals surface area (Å²) in [6.07, 6.45) is 0. The zero-order chi connectivity index (χ0) is 16.7. The van der Waals surface area contributed by atoms with Crippen LogP contribution >= 0.6 is 11.3 Å². The number of rotatable bonds is 2. The maximum Gasteiger partial charge on any atom is 0.273 e. The Morgan fingerprint density at radius 1 is 1.33 bits per heavy atom. The predicted octanol–water partition coefficient (Wildman–Crippen LogP) is 1.87. The highest BCUT2D eigenvalue weighted by molar-refractivity contribution is 7.13. The number of piperazine rings is 1. The number of hydrogen-bond donors (Lipinski definition) is 1. The highest BCUT2D eigenvalue weighted by Gasteiger charge is 2.24. The lowest BCUT2D eigenvalue weighted by Gasteiger charge is -2.25. The van der Waals surface area contributed by atoms with E-state index in [2.05, 4.69) is 33.1 Å². The third-order valence-electron chi connectivity index (χ3n) is 4.22. The van der Waals surface area contributed by atoms with Gasteiger partial charge in [-0.15, -0.1) is 11.3 Å². The van der Waals surface area contributed by atoms with Crippen LogP contribution < -0.4 is 5.32 Å². The lowest BCUT2D eigenvalue weighted by atomic mass is 10.2. The first kappa shape index (κ1) is 14.9. The molecule has 0 bridgehead atoms. The number of nitrogens with zero attached hydrogens (tertiary/aromatic N) is 3. The monoisotopic (exact) mass is 340 g/mol. The molecule has 0 aliphatic carbocycles. The number of carbonyl (C=O) groups is 2. The van der Waals surface area contributed by atoms with Crippen LogP contribution in [-0.4, -0.2) is 45.9 Å². The van der Waals surface area contributed by atoms with E-state index in [-0.39, 0.29) is 18.4 Å². The average Bonchev–Trinajstić information content (AvgIpc) is 3.20. The Kier molecular flexibility index (Phi) is 3.57. The first-order valence-electron chi connectivity index (χ1n) is 7.70. The SMILES string of the molecule is Cn1c(-c2nc(C(=O)N3CCNC(=O)C3)cs2)cc2ccccc21. The molecule has 1 fully saturated rings. The van der Waals surface area contributed by atoms with E-state index >= 15 is 0 Å². The van der Waals surface area contributed by atoms with Gasteiger partial charge in [0.05, 0.1) is 12.2 Å². The molecule has 1 N–H and O–H groups in total. The number of para-hydroxylation sites is 1. The normalized spacial score (nSPS) is 14.9. The van der Waals surface area contributed by atoms with Gasteiger partial charge in [0.15, 0.2) is 0 Å². The lowest BCUT2D eigenvalue weighted by molar-refractivity contribution is -0.123. The molecule has 1 aromatic carbocycles. The van der Waals surface area contributed by atoms with Crippen LogP contribution in [0.5, 0.6) is 0 Å². The van der Waals surface area contributed by atoms with Gasteiger partial charge in [0, 0.05) is 36.4 Å². The summed E-state index contributed by atoms with van der Waals surface area (Å²) < 4.78 is 2.08. The second-order valence-electron chi connectivity index (χ2n) is 5.76. The van der Waals surface area contributed by atoms with Crippen molar-refractivity contribution in [1.29, 1.82) is 0 Å². The van der Waals surface area contributed by atoms with Gasteiger partial charge in [-0.3, -0.25) is 9.59 Å². The van der Waals surface area contributed by atoms with E-state index in [0.717, 1.165) is 21.6 Å². The van der Waals surface area contributed by atoms with Crippen molar-refractivity contribution in [3.8, 4) is 10.7 Å². The average molecular weight is 340 g/mol. The molecule has 0 radical (unpaired) electrons. The number of hydrogen-bond acceptors (Lipinski definition) is 4. The largest absolute Gasteiger partial charge is 0.353 e. The summed E-state index contributed by atoms with van der Waals surface area (Å²) in [4.78, 5) is 30.0. The molecule has 0 atom stereocenters. The second kappa shape index (κ2) is 5.76. The molecule has 6 nitrogen and oxygen atoms in total. The van der Waals surface area contributed by atoms with Crippen LogP contribution in [0.25, 0.3) is 21.6 Å². The number of nitrogens with one attached hydrogen (secondary N) is 1. The van der Waals surface area contributed by atoms with Crippen molar-refractivity contribution in [2.24, 2.45) is 7.05 Å². The van der Waals surface area contributed by atoms with E-state index in [4.69, 9.17) is 0 Å². The van der Waals surface area contributed by atoms with E-state index < -0.39 is 0 Å². The van der Waals surface area contributed by atoms with Gasteiger partial charge in [-0.05, 0) is 12.1 Å². The van der Waals surface area contributed by atoms with Crippen molar-refractivity contribution in [3.05, 3.63) is 41.4 Å². The number of thiazole rings is 1. The standard InChI is InChI=1S/C17H16N4O2S/c1-20-13-5-3-2-4-11(13)8-14(20)16-19-12(10-24-16)17(23)21-7-6-18-15(22)9-21/h2-5,8,10H,6-7,9H2,1H3,(H,18,22). The Balaban J connectivity index is 1.65. The molecule has 1 aliphatic rings. The zero-order valence-corrected chi connectivity index (χ0v) is 14.0. The molecular formula is C17H16N4O2S. The summed E-state index contributed by atoms with van der Waals surface area (Å²) in [5.74, 6) is -0.315. The van der Waals surface area contributed by atoms with E-state index in [1.807, 2.05) is 19.2 Å². The fraction of sp³-hybridized carbons (Fsp3) is 0.235. The summed E-state index contributed by atoms with van der Waals surface area (Å²) in [7, 11) is 2.00. The molecule has 3 aromatic rings. The second-order valence-corrected chi connectivity index (χ2v) is 6.62. The van der Waals surface area contributed by atoms with Gasteiger partial charge in [-0.1, -0.05) is 18.2 Å². The summed E-state index contributed by atoms with van der Waals surface area (Å²) >= 11 is 1.45. The van der Waals surface area contributed by atoms with Crippen LogP contribution in [0, 0.1) is 0 Å². The fourth-order valence-corrected chi connectivity index (χ4v) is 3.80. The number of carbonyl (C=O) groups excluding carboxylic acids is 2. The molecule has 3 heterocycles. The van der Waals surface area contributed by atoms with Crippen molar-refractivity contribution in [2.45, 2.75) is 0 Å². The van der Waals surface area contributed by atoms with Crippen molar-refractivity contribution < 1.29 is 9.59 Å². The molecule has 2 aromatic heterocycles. The van der Waals surface area contributed by atoms with Crippen molar-refractivity contribution >= 4 is 34.1 Å². The number of fused-ring (bicyclic) bond motifs is 1. The number of aryl methyl sites for hydroxylation is 1. The highest BCUT2D eigenvalue weighted by Crippen LogP contribution is 2.29. The molecule has 0 saturated carbocycles. The molecule has 1 aliphatic heterocycles. The van der Waals surface area contributed by atoms with Crippen LogP contribution in [0.2, 0.25) is 0 Å². The summed E-state index contributed by atoms with van der Waals surface area (Å²) in [6, 6.07) is 10.2. The van der Waals surface area contributed by atoms with E-state index in [0.29, 0.717) is 18.8 Å². The fourth-order valence-electron chi connectivity index (χ4n) is 2.96. The van der Waals surface area contributed by atoms with Gasteiger partial charge in [0.2, 0.25) is 5.91 Å². The Bertz CT molecular complexity index is 943.